The van der Waals surface area contributed by atoms with E-state index in [0.717, 1.165) is 45.8 Å². The molecule has 0 spiro atoms. The highest BCUT2D eigenvalue weighted by atomic mass is 16.5. The van der Waals surface area contributed by atoms with Crippen LogP contribution >= 0.6 is 0 Å². The van der Waals surface area contributed by atoms with E-state index < -0.39 is 11.7 Å². The molecule has 2 aliphatic rings. The number of amides is 2. The second kappa shape index (κ2) is 10.0. The van der Waals surface area contributed by atoms with Crippen molar-refractivity contribution in [2.75, 3.05) is 65.5 Å². The van der Waals surface area contributed by atoms with Crippen LogP contribution in [0.3, 0.4) is 0 Å². The van der Waals surface area contributed by atoms with Crippen molar-refractivity contribution in [3.05, 3.63) is 0 Å². The Hall–Kier alpha value is -1.22. The van der Waals surface area contributed by atoms with Gasteiger partial charge in [-0.3, -0.25) is 14.5 Å². The molecule has 0 bridgehead atoms. The molecule has 2 unspecified atom stereocenters. The molecule has 2 heterocycles. The molecule has 28 heavy (non-hydrogen) atoms. The van der Waals surface area contributed by atoms with Crippen molar-refractivity contribution in [3.63, 3.8) is 0 Å². The highest BCUT2D eigenvalue weighted by Crippen LogP contribution is 2.17. The Bertz CT molecular complexity index is 524. The molecule has 0 aromatic carbocycles. The lowest BCUT2D eigenvalue weighted by Crippen LogP contribution is -2.56. The van der Waals surface area contributed by atoms with E-state index in [0.29, 0.717) is 19.7 Å². The third-order valence-corrected chi connectivity index (χ3v) is 5.91. The Labute approximate surface area is 169 Å². The van der Waals surface area contributed by atoms with Crippen molar-refractivity contribution in [2.24, 2.45) is 0 Å². The van der Waals surface area contributed by atoms with Crippen molar-refractivity contribution in [1.29, 1.82) is 0 Å². The Morgan fingerprint density at radius 3 is 2.00 bits per heavy atom. The van der Waals surface area contributed by atoms with Crippen LogP contribution in [0.1, 0.15) is 34.6 Å². The van der Waals surface area contributed by atoms with E-state index in [9.17, 15) is 14.7 Å². The molecule has 0 aromatic heterocycles. The van der Waals surface area contributed by atoms with E-state index in [1.807, 2.05) is 18.7 Å². The van der Waals surface area contributed by atoms with Gasteiger partial charge in [0.15, 0.2) is 0 Å². The number of hydrogen-bond acceptors (Lipinski definition) is 6. The van der Waals surface area contributed by atoms with Gasteiger partial charge in [0.1, 0.15) is 11.7 Å². The molecule has 0 aliphatic carbocycles. The van der Waals surface area contributed by atoms with Gasteiger partial charge in [-0.25, -0.2) is 0 Å². The van der Waals surface area contributed by atoms with Gasteiger partial charge in [-0.15, -0.1) is 0 Å². The number of carbonyl (C=O) groups is 2. The number of rotatable bonds is 7. The fourth-order valence-corrected chi connectivity index (χ4v) is 3.79. The van der Waals surface area contributed by atoms with E-state index in [2.05, 4.69) is 23.6 Å². The number of aliphatic hydroxyl groups excluding tert-OH is 1. The lowest BCUT2D eigenvalue weighted by Gasteiger charge is -2.40. The van der Waals surface area contributed by atoms with Gasteiger partial charge in [-0.1, -0.05) is 6.92 Å². The number of hydrogen-bond donors (Lipinski definition) is 1. The van der Waals surface area contributed by atoms with Gasteiger partial charge in [0, 0.05) is 58.4 Å². The molecule has 0 radical (unpaired) electrons. The number of likely N-dealkylation sites (N-methyl/N-ethyl adjacent to an activating group) is 1. The number of ether oxygens (including phenoxy) is 1. The first kappa shape index (κ1) is 23.1. The zero-order chi connectivity index (χ0) is 20.9. The van der Waals surface area contributed by atoms with E-state index in [-0.39, 0.29) is 17.9 Å². The normalized spacial score (nSPS) is 22.2. The SMILES string of the molecule is CCN1CCN(C(=O)C(C)(C)OCC(C)N2CCN(C(=O)C(C)O)CC2)CC1. The Morgan fingerprint density at radius 1 is 0.964 bits per heavy atom. The van der Waals surface area contributed by atoms with E-state index in [4.69, 9.17) is 4.74 Å². The lowest BCUT2D eigenvalue weighted by molar-refractivity contribution is -0.158. The fourth-order valence-electron chi connectivity index (χ4n) is 3.79. The quantitative estimate of drug-likeness (QED) is 0.643. The molecule has 1 N–H and O–H groups in total. The second-order valence-electron chi connectivity index (χ2n) is 8.43. The molecule has 8 heteroatoms. The van der Waals surface area contributed by atoms with Crippen LogP contribution in [0.5, 0.6) is 0 Å². The maximum atomic E-state index is 12.9. The summed E-state index contributed by atoms with van der Waals surface area (Å²) in [5.41, 5.74) is -0.841. The highest BCUT2D eigenvalue weighted by molar-refractivity contribution is 5.84. The second-order valence-corrected chi connectivity index (χ2v) is 8.43. The number of carbonyl (C=O) groups excluding carboxylic acids is 2. The molecule has 2 rings (SSSR count). The molecule has 162 valence electrons. The predicted molar refractivity (Wildman–Crippen MR) is 108 cm³/mol. The largest absolute Gasteiger partial charge is 0.384 e. The summed E-state index contributed by atoms with van der Waals surface area (Å²) in [6.45, 7) is 17.0. The summed E-state index contributed by atoms with van der Waals surface area (Å²) in [5.74, 6) is -0.152. The molecule has 0 saturated carbocycles. The van der Waals surface area contributed by atoms with Crippen molar-refractivity contribution in [1.82, 2.24) is 19.6 Å². The average molecular weight is 399 g/mol. The van der Waals surface area contributed by atoms with Crippen LogP contribution < -0.4 is 0 Å². The predicted octanol–water partition coefficient (Wildman–Crippen LogP) is -0.141. The minimum absolute atomic E-state index is 0.0582. The number of aliphatic hydroxyl groups is 1. The van der Waals surface area contributed by atoms with Crippen molar-refractivity contribution >= 4 is 11.8 Å². The maximum Gasteiger partial charge on any atom is 0.254 e. The zero-order valence-electron chi connectivity index (χ0n) is 18.2. The summed E-state index contributed by atoms with van der Waals surface area (Å²) in [6, 6.07) is 0.160. The first-order chi connectivity index (χ1) is 13.2. The van der Waals surface area contributed by atoms with Gasteiger partial charge >= 0.3 is 0 Å². The Kier molecular flexibility index (Phi) is 8.24. The summed E-state index contributed by atoms with van der Waals surface area (Å²) in [4.78, 5) is 33.0. The van der Waals surface area contributed by atoms with Gasteiger partial charge in [0.05, 0.1) is 6.61 Å². The summed E-state index contributed by atoms with van der Waals surface area (Å²) in [6.07, 6.45) is -0.946. The van der Waals surface area contributed by atoms with Crippen LogP contribution in [0.4, 0.5) is 0 Å². The van der Waals surface area contributed by atoms with Crippen LogP contribution in [0.2, 0.25) is 0 Å². The van der Waals surface area contributed by atoms with Crippen molar-refractivity contribution < 1.29 is 19.4 Å². The van der Waals surface area contributed by atoms with Gasteiger partial charge in [-0.05, 0) is 34.2 Å². The molecule has 8 nitrogen and oxygen atoms in total. The minimum atomic E-state index is -0.946. The highest BCUT2D eigenvalue weighted by Gasteiger charge is 2.35. The lowest BCUT2D eigenvalue weighted by atomic mass is 10.1. The van der Waals surface area contributed by atoms with Crippen LogP contribution in [0, 0.1) is 0 Å². The van der Waals surface area contributed by atoms with Gasteiger partial charge in [0.2, 0.25) is 0 Å². The van der Waals surface area contributed by atoms with E-state index in [1.54, 1.807) is 4.90 Å². The van der Waals surface area contributed by atoms with Gasteiger partial charge < -0.3 is 24.5 Å². The molecule has 2 amide bonds. The average Bonchev–Trinajstić information content (AvgIpc) is 2.71. The molecule has 2 saturated heterocycles. The van der Waals surface area contributed by atoms with Crippen molar-refractivity contribution in [2.45, 2.75) is 52.4 Å². The molecule has 2 aliphatic heterocycles. The zero-order valence-corrected chi connectivity index (χ0v) is 18.2. The van der Waals surface area contributed by atoms with Crippen LogP contribution in [-0.4, -0.2) is 120 Å². The fraction of sp³-hybridized carbons (Fsp3) is 0.900. The summed E-state index contributed by atoms with van der Waals surface area (Å²) in [7, 11) is 0. The Morgan fingerprint density at radius 2 is 1.50 bits per heavy atom. The topological polar surface area (TPSA) is 76.6 Å². The van der Waals surface area contributed by atoms with Crippen LogP contribution in [0.15, 0.2) is 0 Å². The molecular formula is C20H38N4O4. The first-order valence-corrected chi connectivity index (χ1v) is 10.5. The molecule has 0 aromatic rings. The van der Waals surface area contributed by atoms with E-state index >= 15 is 0 Å². The van der Waals surface area contributed by atoms with Gasteiger partial charge in [-0.2, -0.15) is 0 Å². The van der Waals surface area contributed by atoms with E-state index in [1.165, 1.54) is 6.92 Å². The number of piperazine rings is 2. The summed E-state index contributed by atoms with van der Waals surface area (Å²) >= 11 is 0. The van der Waals surface area contributed by atoms with Gasteiger partial charge in [0.25, 0.3) is 11.8 Å². The monoisotopic (exact) mass is 398 g/mol. The molecular weight excluding hydrogens is 360 g/mol. The smallest absolute Gasteiger partial charge is 0.254 e. The Balaban J connectivity index is 1.77. The molecule has 2 atom stereocenters. The summed E-state index contributed by atoms with van der Waals surface area (Å²) in [5, 5.41) is 9.45. The summed E-state index contributed by atoms with van der Waals surface area (Å²) < 4.78 is 6.06. The molecule has 2 fully saturated rings. The third-order valence-electron chi connectivity index (χ3n) is 5.91. The standard InChI is InChI=1S/C20H38N4O4/c1-6-21-7-9-24(10-8-21)19(27)20(4,5)28-15-16(2)22-11-13-23(14-12-22)18(26)17(3)25/h16-17,25H,6-15H2,1-5H3. The third kappa shape index (κ3) is 5.89. The minimum Gasteiger partial charge on any atom is -0.384 e. The maximum absolute atomic E-state index is 12.9. The van der Waals surface area contributed by atoms with Crippen LogP contribution in [-0.2, 0) is 14.3 Å². The first-order valence-electron chi connectivity index (χ1n) is 10.5. The van der Waals surface area contributed by atoms with Crippen LogP contribution in [0.25, 0.3) is 0 Å². The van der Waals surface area contributed by atoms with Crippen molar-refractivity contribution in [3.8, 4) is 0 Å². The number of nitrogens with zero attached hydrogens (tertiary/aromatic N) is 4.